The Bertz CT molecular complexity index is 1190. The van der Waals surface area contributed by atoms with Crippen LogP contribution < -0.4 is 10.2 Å². The lowest BCUT2D eigenvalue weighted by molar-refractivity contribution is -0.120. The second-order valence-corrected chi connectivity index (χ2v) is 7.93. The quantitative estimate of drug-likeness (QED) is 0.640. The molecule has 4 rings (SSSR count). The number of aromatic nitrogens is 1. The number of halogens is 1. The molecule has 0 saturated carbocycles. The highest BCUT2D eigenvalue weighted by molar-refractivity contribution is 6.31. The number of aliphatic imine (C=N–C) groups is 1. The van der Waals surface area contributed by atoms with Gasteiger partial charge in [-0.1, -0.05) is 29.8 Å². The van der Waals surface area contributed by atoms with Gasteiger partial charge in [0.15, 0.2) is 5.82 Å². The van der Waals surface area contributed by atoms with Crippen molar-refractivity contribution in [2.45, 2.75) is 20.3 Å². The Labute approximate surface area is 185 Å². The summed E-state index contributed by atoms with van der Waals surface area (Å²) in [6.07, 6.45) is 1.62. The molecule has 1 aliphatic rings. The summed E-state index contributed by atoms with van der Waals surface area (Å²) in [6, 6.07) is 16.6. The molecule has 0 fully saturated rings. The molecule has 0 radical (unpaired) electrons. The highest BCUT2D eigenvalue weighted by atomic mass is 35.5. The van der Waals surface area contributed by atoms with E-state index in [0.717, 1.165) is 16.7 Å². The van der Waals surface area contributed by atoms with Crippen LogP contribution in [0.5, 0.6) is 0 Å². The first-order valence-electron chi connectivity index (χ1n) is 9.86. The summed E-state index contributed by atoms with van der Waals surface area (Å²) in [5.41, 5.74) is 4.67. The number of anilines is 2. The van der Waals surface area contributed by atoms with Crippen molar-refractivity contribution >= 4 is 46.3 Å². The Morgan fingerprint density at radius 2 is 1.87 bits per heavy atom. The van der Waals surface area contributed by atoms with Crippen molar-refractivity contribution in [2.75, 3.05) is 16.8 Å². The van der Waals surface area contributed by atoms with E-state index in [0.29, 0.717) is 27.9 Å². The molecule has 0 atom stereocenters. The lowest BCUT2D eigenvalue weighted by atomic mass is 10.1. The summed E-state index contributed by atoms with van der Waals surface area (Å²) >= 11 is 6.12. The SMILES string of the molecule is Cc1cc(C)cc(NC(=O)CN2C(=O)CC(c3cccc(Cl)c3)=Nc3cccnc32)c1. The Morgan fingerprint density at radius 1 is 1.10 bits per heavy atom. The number of nitrogens with one attached hydrogen (secondary N) is 1. The van der Waals surface area contributed by atoms with Gasteiger partial charge in [-0.2, -0.15) is 0 Å². The Kier molecular flexibility index (Phi) is 5.82. The first-order valence-corrected chi connectivity index (χ1v) is 10.2. The molecule has 156 valence electrons. The third-order valence-electron chi connectivity index (χ3n) is 4.86. The van der Waals surface area contributed by atoms with Gasteiger partial charge in [-0.3, -0.25) is 14.5 Å². The number of carbonyl (C=O) groups excluding carboxylic acids is 2. The number of hydrogen-bond acceptors (Lipinski definition) is 4. The fourth-order valence-electron chi connectivity index (χ4n) is 3.61. The maximum absolute atomic E-state index is 13.1. The predicted octanol–water partition coefficient (Wildman–Crippen LogP) is 4.85. The number of rotatable bonds is 4. The molecule has 6 nitrogen and oxygen atoms in total. The molecule has 7 heteroatoms. The molecule has 1 aliphatic heterocycles. The second kappa shape index (κ2) is 8.70. The van der Waals surface area contributed by atoms with Gasteiger partial charge in [-0.05, 0) is 66.9 Å². The monoisotopic (exact) mass is 432 g/mol. The van der Waals surface area contributed by atoms with Crippen LogP contribution in [-0.2, 0) is 9.59 Å². The zero-order chi connectivity index (χ0) is 22.0. The van der Waals surface area contributed by atoms with E-state index in [2.05, 4.69) is 15.3 Å². The lowest BCUT2D eigenvalue weighted by Gasteiger charge is -2.20. The molecule has 0 unspecified atom stereocenters. The minimum atomic E-state index is -0.304. The van der Waals surface area contributed by atoms with Crippen molar-refractivity contribution < 1.29 is 9.59 Å². The van der Waals surface area contributed by atoms with Crippen molar-refractivity contribution in [1.29, 1.82) is 0 Å². The van der Waals surface area contributed by atoms with Crippen LogP contribution in [0.1, 0.15) is 23.1 Å². The van der Waals surface area contributed by atoms with Crippen LogP contribution in [0.25, 0.3) is 0 Å². The Hall–Kier alpha value is -3.51. The van der Waals surface area contributed by atoms with Crippen LogP contribution in [0.3, 0.4) is 0 Å². The Morgan fingerprint density at radius 3 is 2.61 bits per heavy atom. The fraction of sp³-hybridized carbons (Fsp3) is 0.167. The van der Waals surface area contributed by atoms with Gasteiger partial charge in [-0.15, -0.1) is 0 Å². The van der Waals surface area contributed by atoms with Gasteiger partial charge in [0.1, 0.15) is 12.2 Å². The topological polar surface area (TPSA) is 74.7 Å². The van der Waals surface area contributed by atoms with Gasteiger partial charge in [0.05, 0.1) is 12.1 Å². The third kappa shape index (κ3) is 4.81. The van der Waals surface area contributed by atoms with E-state index in [-0.39, 0.29) is 24.8 Å². The van der Waals surface area contributed by atoms with Gasteiger partial charge >= 0.3 is 0 Å². The molecular formula is C24H21ClN4O2. The summed E-state index contributed by atoms with van der Waals surface area (Å²) in [6.45, 7) is 3.78. The molecule has 0 spiro atoms. The van der Waals surface area contributed by atoms with Crippen molar-refractivity contribution in [3.05, 3.63) is 82.5 Å². The standard InChI is InChI=1S/C24H21ClN4O2/c1-15-9-16(2)11-19(10-15)27-22(30)14-29-23(31)13-21(17-5-3-6-18(25)12-17)28-20-7-4-8-26-24(20)29/h3-12H,13-14H2,1-2H3,(H,27,30). The van der Waals surface area contributed by atoms with Crippen LogP contribution in [0.4, 0.5) is 17.2 Å². The summed E-state index contributed by atoms with van der Waals surface area (Å²) < 4.78 is 0. The number of pyridine rings is 1. The van der Waals surface area contributed by atoms with Crippen LogP contribution in [0.15, 0.2) is 65.8 Å². The number of amides is 2. The maximum Gasteiger partial charge on any atom is 0.244 e. The van der Waals surface area contributed by atoms with Gasteiger partial charge in [0.25, 0.3) is 0 Å². The zero-order valence-corrected chi connectivity index (χ0v) is 18.0. The van der Waals surface area contributed by atoms with E-state index in [9.17, 15) is 9.59 Å². The van der Waals surface area contributed by atoms with E-state index < -0.39 is 0 Å². The van der Waals surface area contributed by atoms with Gasteiger partial charge in [0, 0.05) is 16.9 Å². The smallest absolute Gasteiger partial charge is 0.244 e. The molecule has 2 aromatic carbocycles. The number of nitrogens with zero attached hydrogens (tertiary/aromatic N) is 3. The van der Waals surface area contributed by atoms with Crippen molar-refractivity contribution in [1.82, 2.24) is 4.98 Å². The Balaban J connectivity index is 1.61. The van der Waals surface area contributed by atoms with Crippen LogP contribution in [0, 0.1) is 13.8 Å². The van der Waals surface area contributed by atoms with E-state index in [1.54, 1.807) is 30.5 Å². The summed E-state index contributed by atoms with van der Waals surface area (Å²) in [5.74, 6) is -0.201. The van der Waals surface area contributed by atoms with Gasteiger partial charge in [0.2, 0.25) is 11.8 Å². The van der Waals surface area contributed by atoms with Crippen LogP contribution >= 0.6 is 11.6 Å². The van der Waals surface area contributed by atoms with E-state index in [1.807, 2.05) is 44.2 Å². The minimum absolute atomic E-state index is 0.0353. The highest BCUT2D eigenvalue weighted by Gasteiger charge is 2.27. The molecule has 2 heterocycles. The minimum Gasteiger partial charge on any atom is -0.325 e. The van der Waals surface area contributed by atoms with Crippen LogP contribution in [-0.4, -0.2) is 29.1 Å². The van der Waals surface area contributed by atoms with Gasteiger partial charge < -0.3 is 5.32 Å². The molecule has 0 saturated heterocycles. The largest absolute Gasteiger partial charge is 0.325 e. The molecule has 1 N–H and O–H groups in total. The average molecular weight is 433 g/mol. The highest BCUT2D eigenvalue weighted by Crippen LogP contribution is 2.31. The number of aryl methyl sites for hydroxylation is 2. The number of carbonyl (C=O) groups is 2. The number of benzene rings is 2. The molecule has 1 aromatic heterocycles. The van der Waals surface area contributed by atoms with Crippen molar-refractivity contribution in [3.8, 4) is 0 Å². The summed E-state index contributed by atoms with van der Waals surface area (Å²) in [5, 5.41) is 3.44. The van der Waals surface area contributed by atoms with E-state index >= 15 is 0 Å². The normalized spacial score (nSPS) is 13.3. The molecule has 0 bridgehead atoms. The molecule has 3 aromatic rings. The summed E-state index contributed by atoms with van der Waals surface area (Å²) in [4.78, 5) is 36.3. The summed E-state index contributed by atoms with van der Waals surface area (Å²) in [7, 11) is 0. The fourth-order valence-corrected chi connectivity index (χ4v) is 3.80. The van der Waals surface area contributed by atoms with E-state index in [1.165, 1.54) is 4.90 Å². The molecule has 31 heavy (non-hydrogen) atoms. The van der Waals surface area contributed by atoms with Crippen LogP contribution in [0.2, 0.25) is 5.02 Å². The maximum atomic E-state index is 13.1. The molecular weight excluding hydrogens is 412 g/mol. The second-order valence-electron chi connectivity index (χ2n) is 7.50. The number of hydrogen-bond donors (Lipinski definition) is 1. The lowest BCUT2D eigenvalue weighted by Crippen LogP contribution is -2.39. The predicted molar refractivity (Wildman–Crippen MR) is 123 cm³/mol. The number of fused-ring (bicyclic) bond motifs is 1. The molecule has 0 aliphatic carbocycles. The third-order valence-corrected chi connectivity index (χ3v) is 5.10. The van der Waals surface area contributed by atoms with Crippen molar-refractivity contribution in [2.24, 2.45) is 4.99 Å². The molecule has 2 amide bonds. The van der Waals surface area contributed by atoms with Gasteiger partial charge in [-0.25, -0.2) is 9.98 Å². The first kappa shape index (κ1) is 20.8. The van der Waals surface area contributed by atoms with E-state index in [4.69, 9.17) is 11.6 Å². The van der Waals surface area contributed by atoms with Crippen molar-refractivity contribution in [3.63, 3.8) is 0 Å². The first-order chi connectivity index (χ1) is 14.9. The zero-order valence-electron chi connectivity index (χ0n) is 17.2. The average Bonchev–Trinajstić information content (AvgIpc) is 2.84.